The SMILES string of the molecule is CN=C(NCc1ccon1)NCC1(c2ccc(OC)c(OC)c2)CCCCC1.I. The van der Waals surface area contributed by atoms with Gasteiger partial charge in [0.1, 0.15) is 12.0 Å². The smallest absolute Gasteiger partial charge is 0.191 e. The number of benzene rings is 1. The Labute approximate surface area is 189 Å². The van der Waals surface area contributed by atoms with Crippen LogP contribution in [0.25, 0.3) is 0 Å². The number of ether oxygens (including phenoxy) is 2. The van der Waals surface area contributed by atoms with Gasteiger partial charge in [0.15, 0.2) is 17.5 Å². The summed E-state index contributed by atoms with van der Waals surface area (Å²) >= 11 is 0. The Hall–Kier alpha value is -1.97. The molecule has 29 heavy (non-hydrogen) atoms. The van der Waals surface area contributed by atoms with Crippen LogP contribution >= 0.6 is 24.0 Å². The van der Waals surface area contributed by atoms with E-state index in [0.717, 1.165) is 42.5 Å². The molecule has 1 saturated carbocycles. The fraction of sp³-hybridized carbons (Fsp3) is 0.524. The summed E-state index contributed by atoms with van der Waals surface area (Å²) < 4.78 is 15.8. The normalized spacial score (nSPS) is 15.9. The molecule has 1 aromatic heterocycles. The van der Waals surface area contributed by atoms with Gasteiger partial charge in [-0.3, -0.25) is 4.99 Å². The molecule has 0 spiro atoms. The molecule has 1 aliphatic carbocycles. The van der Waals surface area contributed by atoms with E-state index in [-0.39, 0.29) is 29.4 Å². The lowest BCUT2D eigenvalue weighted by Gasteiger charge is -2.38. The van der Waals surface area contributed by atoms with Crippen molar-refractivity contribution in [3.05, 3.63) is 41.8 Å². The summed E-state index contributed by atoms with van der Waals surface area (Å²) in [4.78, 5) is 4.35. The predicted molar refractivity (Wildman–Crippen MR) is 124 cm³/mol. The zero-order valence-corrected chi connectivity index (χ0v) is 19.7. The van der Waals surface area contributed by atoms with Crippen LogP contribution in [-0.4, -0.2) is 38.9 Å². The highest BCUT2D eigenvalue weighted by Gasteiger charge is 2.34. The van der Waals surface area contributed by atoms with E-state index in [0.29, 0.717) is 6.54 Å². The summed E-state index contributed by atoms with van der Waals surface area (Å²) in [6, 6.07) is 8.13. The van der Waals surface area contributed by atoms with E-state index in [1.165, 1.54) is 24.8 Å². The fourth-order valence-electron chi connectivity index (χ4n) is 3.94. The molecule has 8 heteroatoms. The Balaban J connectivity index is 0.00000300. The van der Waals surface area contributed by atoms with Crippen molar-refractivity contribution in [2.24, 2.45) is 4.99 Å². The lowest BCUT2D eigenvalue weighted by Crippen LogP contribution is -2.46. The summed E-state index contributed by atoms with van der Waals surface area (Å²) in [7, 11) is 5.13. The van der Waals surface area contributed by atoms with E-state index < -0.39 is 0 Å². The molecule has 0 atom stereocenters. The molecule has 160 valence electrons. The van der Waals surface area contributed by atoms with Crippen LogP contribution in [0.5, 0.6) is 11.5 Å². The highest BCUT2D eigenvalue weighted by Crippen LogP contribution is 2.42. The van der Waals surface area contributed by atoms with Gasteiger partial charge in [-0.2, -0.15) is 0 Å². The molecule has 0 unspecified atom stereocenters. The molecule has 1 fully saturated rings. The number of guanidine groups is 1. The summed E-state index contributed by atoms with van der Waals surface area (Å²) in [6.07, 6.45) is 7.57. The molecule has 3 rings (SSSR count). The molecule has 0 saturated heterocycles. The first kappa shape index (κ1) is 23.3. The molecule has 0 bridgehead atoms. The number of nitrogens with one attached hydrogen (secondary N) is 2. The maximum absolute atomic E-state index is 5.54. The van der Waals surface area contributed by atoms with Crippen molar-refractivity contribution in [3.63, 3.8) is 0 Å². The van der Waals surface area contributed by atoms with E-state index in [1.54, 1.807) is 27.5 Å². The summed E-state index contributed by atoms with van der Waals surface area (Å²) in [5.41, 5.74) is 2.17. The summed E-state index contributed by atoms with van der Waals surface area (Å²) in [5, 5.41) is 10.7. The molecule has 2 aromatic rings. The molecular weight excluding hydrogens is 483 g/mol. The number of hydrogen-bond donors (Lipinski definition) is 2. The van der Waals surface area contributed by atoms with Crippen molar-refractivity contribution in [3.8, 4) is 11.5 Å². The first-order chi connectivity index (χ1) is 13.7. The third kappa shape index (κ3) is 5.77. The van der Waals surface area contributed by atoms with Gasteiger partial charge < -0.3 is 24.6 Å². The van der Waals surface area contributed by atoms with Gasteiger partial charge in [-0.1, -0.05) is 30.5 Å². The average molecular weight is 514 g/mol. The van der Waals surface area contributed by atoms with Crippen LogP contribution in [0.1, 0.15) is 43.4 Å². The highest BCUT2D eigenvalue weighted by atomic mass is 127. The number of aliphatic imine (C=N–C) groups is 1. The van der Waals surface area contributed by atoms with Crippen LogP contribution in [0.3, 0.4) is 0 Å². The molecule has 1 heterocycles. The van der Waals surface area contributed by atoms with Crippen molar-refractivity contribution < 1.29 is 14.0 Å². The minimum atomic E-state index is 0. The number of aromatic nitrogens is 1. The molecular formula is C21H31IN4O3. The van der Waals surface area contributed by atoms with Crippen molar-refractivity contribution >= 4 is 29.9 Å². The topological polar surface area (TPSA) is 80.9 Å². The van der Waals surface area contributed by atoms with Gasteiger partial charge in [0.25, 0.3) is 0 Å². The number of nitrogens with zero attached hydrogens (tertiary/aromatic N) is 2. The lowest BCUT2D eigenvalue weighted by atomic mass is 9.69. The minimum absolute atomic E-state index is 0. The van der Waals surface area contributed by atoms with Gasteiger partial charge in [0.2, 0.25) is 0 Å². The molecule has 1 aliphatic rings. The van der Waals surface area contributed by atoms with Gasteiger partial charge >= 0.3 is 0 Å². The van der Waals surface area contributed by atoms with E-state index in [9.17, 15) is 0 Å². The van der Waals surface area contributed by atoms with Gasteiger partial charge in [0, 0.05) is 25.1 Å². The number of halogens is 1. The molecule has 1 aromatic carbocycles. The Morgan fingerprint density at radius 3 is 2.48 bits per heavy atom. The van der Waals surface area contributed by atoms with Crippen molar-refractivity contribution in [2.45, 2.75) is 44.1 Å². The van der Waals surface area contributed by atoms with Gasteiger partial charge in [-0.25, -0.2) is 0 Å². The van der Waals surface area contributed by atoms with Crippen LogP contribution in [0, 0.1) is 0 Å². The maximum Gasteiger partial charge on any atom is 0.191 e. The number of hydrogen-bond acceptors (Lipinski definition) is 5. The average Bonchev–Trinajstić information content (AvgIpc) is 3.27. The molecule has 2 N–H and O–H groups in total. The maximum atomic E-state index is 5.54. The van der Waals surface area contributed by atoms with Crippen LogP contribution in [0.4, 0.5) is 0 Å². The zero-order chi connectivity index (χ0) is 19.8. The number of rotatable bonds is 7. The van der Waals surface area contributed by atoms with Crippen molar-refractivity contribution in [2.75, 3.05) is 27.8 Å². The standard InChI is InChI=1S/C21H30N4O3.HI/c1-22-20(23-14-17-9-12-28-25-17)24-15-21(10-5-4-6-11-21)16-7-8-18(26-2)19(13-16)27-3;/h7-9,12-13H,4-6,10-11,14-15H2,1-3H3,(H2,22,23,24);1H. The first-order valence-corrected chi connectivity index (χ1v) is 9.77. The minimum Gasteiger partial charge on any atom is -0.493 e. The largest absolute Gasteiger partial charge is 0.493 e. The van der Waals surface area contributed by atoms with Crippen molar-refractivity contribution in [1.82, 2.24) is 15.8 Å². The Morgan fingerprint density at radius 2 is 1.86 bits per heavy atom. The molecule has 0 aliphatic heterocycles. The summed E-state index contributed by atoms with van der Waals surface area (Å²) in [6.45, 7) is 1.38. The van der Waals surface area contributed by atoms with Gasteiger partial charge in [-0.15, -0.1) is 24.0 Å². The Kier molecular flexibility index (Phi) is 9.06. The van der Waals surface area contributed by atoms with Crippen molar-refractivity contribution in [1.29, 1.82) is 0 Å². The highest BCUT2D eigenvalue weighted by molar-refractivity contribution is 14.0. The second-order valence-corrected chi connectivity index (χ2v) is 7.18. The summed E-state index contributed by atoms with van der Waals surface area (Å²) in [5.74, 6) is 2.29. The van der Waals surface area contributed by atoms with Gasteiger partial charge in [0.05, 0.1) is 20.8 Å². The zero-order valence-electron chi connectivity index (χ0n) is 17.4. The Bertz CT molecular complexity index is 774. The monoisotopic (exact) mass is 514 g/mol. The lowest BCUT2D eigenvalue weighted by molar-refractivity contribution is 0.288. The molecule has 7 nitrogen and oxygen atoms in total. The van der Waals surface area contributed by atoms with E-state index >= 15 is 0 Å². The third-order valence-corrected chi connectivity index (χ3v) is 5.55. The third-order valence-electron chi connectivity index (χ3n) is 5.55. The van der Waals surface area contributed by atoms with Crippen LogP contribution < -0.4 is 20.1 Å². The quantitative estimate of drug-likeness (QED) is 0.332. The second kappa shape index (κ2) is 11.3. The fourth-order valence-corrected chi connectivity index (χ4v) is 3.94. The van der Waals surface area contributed by atoms with E-state index in [4.69, 9.17) is 14.0 Å². The second-order valence-electron chi connectivity index (χ2n) is 7.18. The Morgan fingerprint density at radius 1 is 1.10 bits per heavy atom. The first-order valence-electron chi connectivity index (χ1n) is 9.77. The van der Waals surface area contributed by atoms with Crippen LogP contribution in [0.2, 0.25) is 0 Å². The van der Waals surface area contributed by atoms with Gasteiger partial charge in [-0.05, 0) is 30.5 Å². The van der Waals surface area contributed by atoms with Crippen LogP contribution in [0.15, 0.2) is 40.0 Å². The van der Waals surface area contributed by atoms with E-state index in [1.807, 2.05) is 12.1 Å². The number of methoxy groups -OCH3 is 2. The molecule has 0 amide bonds. The van der Waals surface area contributed by atoms with Crippen LogP contribution in [-0.2, 0) is 12.0 Å². The molecule has 0 radical (unpaired) electrons. The van der Waals surface area contributed by atoms with E-state index in [2.05, 4.69) is 32.9 Å². The predicted octanol–water partition coefficient (Wildman–Crippen LogP) is 3.88.